The van der Waals surface area contributed by atoms with Crippen molar-refractivity contribution in [2.75, 3.05) is 0 Å². The number of benzene rings is 2. The number of fused-ring (bicyclic) bond motifs is 1. The monoisotopic (exact) mass is 291 g/mol. The van der Waals surface area contributed by atoms with Crippen LogP contribution in [0, 0.1) is 12.7 Å². The Hall–Kier alpha value is -1.58. The van der Waals surface area contributed by atoms with Gasteiger partial charge in [0.1, 0.15) is 17.7 Å². The Morgan fingerprint density at radius 1 is 1.25 bits per heavy atom. The lowest BCUT2D eigenvalue weighted by atomic mass is 9.92. The van der Waals surface area contributed by atoms with E-state index in [1.54, 1.807) is 12.1 Å². The maximum absolute atomic E-state index is 14.1. The van der Waals surface area contributed by atoms with E-state index in [9.17, 15) is 4.39 Å². The van der Waals surface area contributed by atoms with Gasteiger partial charge in [0.15, 0.2) is 0 Å². The van der Waals surface area contributed by atoms with Crippen LogP contribution in [0.5, 0.6) is 5.75 Å². The van der Waals surface area contributed by atoms with Crippen molar-refractivity contribution in [1.82, 2.24) is 0 Å². The highest BCUT2D eigenvalue weighted by atomic mass is 35.5. The number of hydrogen-bond acceptors (Lipinski definition) is 2. The standard InChI is InChI=1S/C16H15ClFNO/c1-9-5-6-14-11(7-9)13(19)8-15(20-14)10-3-2-4-12(17)16(10)18/h2-7,13,15H,8,19H2,1H3/t13-,15?/m0/s1. The molecule has 2 nitrogen and oxygen atoms in total. The zero-order chi connectivity index (χ0) is 14.3. The van der Waals surface area contributed by atoms with Gasteiger partial charge in [0.25, 0.3) is 0 Å². The lowest BCUT2D eigenvalue weighted by Crippen LogP contribution is -2.24. The summed E-state index contributed by atoms with van der Waals surface area (Å²) >= 11 is 5.83. The molecular weight excluding hydrogens is 277 g/mol. The minimum atomic E-state index is -0.429. The van der Waals surface area contributed by atoms with Crippen LogP contribution in [-0.4, -0.2) is 0 Å². The largest absolute Gasteiger partial charge is 0.485 e. The topological polar surface area (TPSA) is 35.2 Å². The van der Waals surface area contributed by atoms with Crippen molar-refractivity contribution >= 4 is 11.6 Å². The zero-order valence-corrected chi connectivity index (χ0v) is 11.8. The zero-order valence-electron chi connectivity index (χ0n) is 11.1. The summed E-state index contributed by atoms with van der Waals surface area (Å²) in [5.74, 6) is 0.292. The molecule has 4 heteroatoms. The Labute approximate surface area is 122 Å². The van der Waals surface area contributed by atoms with Gasteiger partial charge in [0.2, 0.25) is 0 Å². The molecule has 0 aromatic heterocycles. The molecule has 0 amide bonds. The first-order valence-electron chi connectivity index (χ1n) is 6.53. The fourth-order valence-corrected chi connectivity index (χ4v) is 2.77. The van der Waals surface area contributed by atoms with Crippen LogP contribution in [-0.2, 0) is 0 Å². The van der Waals surface area contributed by atoms with Gasteiger partial charge in [-0.3, -0.25) is 0 Å². The first-order valence-corrected chi connectivity index (χ1v) is 6.90. The first-order chi connectivity index (χ1) is 9.56. The molecule has 0 radical (unpaired) electrons. The van der Waals surface area contributed by atoms with Gasteiger partial charge in [0.05, 0.1) is 5.02 Å². The summed E-state index contributed by atoms with van der Waals surface area (Å²) in [6.07, 6.45) is 0.132. The lowest BCUT2D eigenvalue weighted by Gasteiger charge is -2.31. The van der Waals surface area contributed by atoms with Gasteiger partial charge in [-0.25, -0.2) is 4.39 Å². The van der Waals surface area contributed by atoms with Crippen molar-refractivity contribution in [1.29, 1.82) is 0 Å². The SMILES string of the molecule is Cc1ccc2c(c1)[C@@H](N)CC(c1cccc(Cl)c1F)O2. The van der Waals surface area contributed by atoms with E-state index in [0.717, 1.165) is 16.9 Å². The van der Waals surface area contributed by atoms with Crippen molar-refractivity contribution in [2.24, 2.45) is 5.73 Å². The highest BCUT2D eigenvalue weighted by molar-refractivity contribution is 6.30. The summed E-state index contributed by atoms with van der Waals surface area (Å²) < 4.78 is 20.0. The number of ether oxygens (including phenoxy) is 1. The van der Waals surface area contributed by atoms with Gasteiger partial charge >= 0.3 is 0 Å². The Kier molecular flexibility index (Phi) is 3.40. The van der Waals surface area contributed by atoms with Crippen molar-refractivity contribution < 1.29 is 9.13 Å². The molecule has 0 aliphatic carbocycles. The molecule has 1 heterocycles. The number of rotatable bonds is 1. The van der Waals surface area contributed by atoms with Gasteiger partial charge in [-0.05, 0) is 19.1 Å². The van der Waals surface area contributed by atoms with Crippen LogP contribution in [0.3, 0.4) is 0 Å². The van der Waals surface area contributed by atoms with E-state index in [1.807, 2.05) is 25.1 Å². The van der Waals surface area contributed by atoms with Crippen LogP contribution in [0.2, 0.25) is 5.02 Å². The van der Waals surface area contributed by atoms with Gasteiger partial charge in [-0.2, -0.15) is 0 Å². The summed E-state index contributed by atoms with van der Waals surface area (Å²) in [7, 11) is 0. The van der Waals surface area contributed by atoms with Crippen molar-refractivity contribution in [3.63, 3.8) is 0 Å². The van der Waals surface area contributed by atoms with Crippen molar-refractivity contribution in [3.8, 4) is 5.75 Å². The minimum Gasteiger partial charge on any atom is -0.485 e. The van der Waals surface area contributed by atoms with Crippen LogP contribution in [0.25, 0.3) is 0 Å². The van der Waals surface area contributed by atoms with Gasteiger partial charge in [-0.1, -0.05) is 41.4 Å². The predicted molar refractivity (Wildman–Crippen MR) is 77.5 cm³/mol. The normalized spacial score (nSPS) is 21.2. The van der Waals surface area contributed by atoms with Gasteiger partial charge < -0.3 is 10.5 Å². The van der Waals surface area contributed by atoms with E-state index < -0.39 is 11.9 Å². The summed E-state index contributed by atoms with van der Waals surface area (Å²) in [6.45, 7) is 2.01. The summed E-state index contributed by atoms with van der Waals surface area (Å²) in [4.78, 5) is 0. The highest BCUT2D eigenvalue weighted by Crippen LogP contribution is 2.41. The van der Waals surface area contributed by atoms with Crippen LogP contribution < -0.4 is 10.5 Å². The molecule has 104 valence electrons. The average molecular weight is 292 g/mol. The Balaban J connectivity index is 1.99. The molecule has 0 saturated heterocycles. The number of halogens is 2. The molecule has 0 spiro atoms. The smallest absolute Gasteiger partial charge is 0.148 e. The molecule has 2 atom stereocenters. The second kappa shape index (κ2) is 5.08. The molecule has 0 fully saturated rings. The summed E-state index contributed by atoms with van der Waals surface area (Å²) in [5, 5.41) is 0.106. The summed E-state index contributed by atoms with van der Waals surface area (Å²) in [5.41, 5.74) is 8.76. The van der Waals surface area contributed by atoms with Crippen molar-refractivity contribution in [2.45, 2.75) is 25.5 Å². The van der Waals surface area contributed by atoms with Crippen LogP contribution >= 0.6 is 11.6 Å². The number of hydrogen-bond donors (Lipinski definition) is 1. The molecule has 20 heavy (non-hydrogen) atoms. The molecule has 2 N–H and O–H groups in total. The molecule has 0 saturated carbocycles. The van der Waals surface area contributed by atoms with E-state index in [-0.39, 0.29) is 11.1 Å². The quantitative estimate of drug-likeness (QED) is 0.849. The molecule has 3 rings (SSSR count). The second-order valence-electron chi connectivity index (χ2n) is 5.13. The first kappa shape index (κ1) is 13.4. The number of aryl methyl sites for hydroxylation is 1. The lowest BCUT2D eigenvalue weighted by molar-refractivity contribution is 0.157. The van der Waals surface area contributed by atoms with E-state index in [4.69, 9.17) is 22.1 Å². The highest BCUT2D eigenvalue weighted by Gasteiger charge is 2.29. The van der Waals surface area contributed by atoms with Crippen LogP contribution in [0.4, 0.5) is 4.39 Å². The molecule has 0 bridgehead atoms. The van der Waals surface area contributed by atoms with E-state index >= 15 is 0 Å². The predicted octanol–water partition coefficient (Wildman–Crippen LogP) is 4.31. The molecule has 1 aliphatic heterocycles. The average Bonchev–Trinajstić information content (AvgIpc) is 2.42. The van der Waals surface area contributed by atoms with Crippen molar-refractivity contribution in [3.05, 3.63) is 63.9 Å². The van der Waals surface area contributed by atoms with Gasteiger partial charge in [0, 0.05) is 23.6 Å². The molecule has 2 aromatic rings. The maximum Gasteiger partial charge on any atom is 0.148 e. The third kappa shape index (κ3) is 2.28. The summed E-state index contributed by atoms with van der Waals surface area (Å²) in [6, 6.07) is 10.6. The van der Waals surface area contributed by atoms with E-state index in [2.05, 4.69) is 0 Å². The fourth-order valence-electron chi connectivity index (χ4n) is 2.58. The molecule has 1 unspecified atom stereocenters. The van der Waals surface area contributed by atoms with E-state index in [0.29, 0.717) is 12.0 Å². The Morgan fingerprint density at radius 2 is 2.05 bits per heavy atom. The molecular formula is C16H15ClFNO. The Morgan fingerprint density at radius 3 is 2.85 bits per heavy atom. The maximum atomic E-state index is 14.1. The third-order valence-corrected chi connectivity index (χ3v) is 3.92. The van der Waals surface area contributed by atoms with Crippen LogP contribution in [0.15, 0.2) is 36.4 Å². The minimum absolute atomic E-state index is 0.106. The molecule has 1 aliphatic rings. The molecule has 2 aromatic carbocycles. The third-order valence-electron chi connectivity index (χ3n) is 3.63. The number of nitrogens with two attached hydrogens (primary N) is 1. The van der Waals surface area contributed by atoms with Crippen LogP contribution in [0.1, 0.15) is 35.3 Å². The van der Waals surface area contributed by atoms with Gasteiger partial charge in [-0.15, -0.1) is 0 Å². The Bertz CT molecular complexity index is 659. The second-order valence-corrected chi connectivity index (χ2v) is 5.54. The van der Waals surface area contributed by atoms with E-state index in [1.165, 1.54) is 6.07 Å². The fraction of sp³-hybridized carbons (Fsp3) is 0.250.